The molecule has 1 fully saturated rings. The third-order valence-electron chi connectivity index (χ3n) is 2.94. The second-order valence-corrected chi connectivity index (χ2v) is 3.46. The molecule has 0 unspecified atom stereocenters. The Morgan fingerprint density at radius 3 is 2.45 bits per heavy atom. The van der Waals surface area contributed by atoms with Gasteiger partial charge in [0, 0.05) is 12.8 Å². The van der Waals surface area contributed by atoms with E-state index in [0.29, 0.717) is 5.78 Å². The van der Waals surface area contributed by atoms with Gasteiger partial charge in [0.15, 0.2) is 0 Å². The number of carbonyl (C=O) groups is 1. The van der Waals surface area contributed by atoms with Crippen LogP contribution in [0.15, 0.2) is 12.7 Å². The highest BCUT2D eigenvalue weighted by Crippen LogP contribution is 2.38. The zero-order chi connectivity index (χ0) is 8.32. The molecular formula is C10H16O. The topological polar surface area (TPSA) is 17.1 Å². The van der Waals surface area contributed by atoms with Gasteiger partial charge < -0.3 is 0 Å². The maximum atomic E-state index is 10.9. The largest absolute Gasteiger partial charge is 0.300 e. The maximum absolute atomic E-state index is 10.9. The fourth-order valence-electron chi connectivity index (χ4n) is 1.73. The summed E-state index contributed by atoms with van der Waals surface area (Å²) in [5.74, 6) is 0.427. The van der Waals surface area contributed by atoms with Crippen LogP contribution in [0.5, 0.6) is 0 Å². The van der Waals surface area contributed by atoms with Crippen molar-refractivity contribution >= 4 is 5.78 Å². The lowest BCUT2D eigenvalue weighted by atomic mass is 9.72. The Kier molecular flexibility index (Phi) is 2.48. The highest BCUT2D eigenvalue weighted by Gasteiger charge is 2.29. The number of carbonyl (C=O) groups excluding carboxylic acids is 1. The van der Waals surface area contributed by atoms with Gasteiger partial charge >= 0.3 is 0 Å². The standard InChI is InChI=1S/C10H16O/c1-3-10(4-2)7-5-9(11)6-8-10/h3H,1,4-8H2,2H3. The lowest BCUT2D eigenvalue weighted by Gasteiger charge is -2.32. The van der Waals surface area contributed by atoms with Crippen molar-refractivity contribution in [3.63, 3.8) is 0 Å². The molecule has 0 atom stereocenters. The van der Waals surface area contributed by atoms with E-state index in [4.69, 9.17) is 0 Å². The van der Waals surface area contributed by atoms with Gasteiger partial charge in [-0.2, -0.15) is 0 Å². The molecule has 0 aromatic heterocycles. The average molecular weight is 152 g/mol. The summed E-state index contributed by atoms with van der Waals surface area (Å²) in [6, 6.07) is 0. The van der Waals surface area contributed by atoms with Crippen molar-refractivity contribution in [2.24, 2.45) is 5.41 Å². The SMILES string of the molecule is C=CC1(CC)CCC(=O)CC1. The van der Waals surface area contributed by atoms with Crippen molar-refractivity contribution in [1.82, 2.24) is 0 Å². The van der Waals surface area contributed by atoms with E-state index < -0.39 is 0 Å². The lowest BCUT2D eigenvalue weighted by Crippen LogP contribution is -2.24. The number of rotatable bonds is 2. The smallest absolute Gasteiger partial charge is 0.132 e. The summed E-state index contributed by atoms with van der Waals surface area (Å²) in [6.45, 7) is 6.02. The van der Waals surface area contributed by atoms with Gasteiger partial charge in [-0.3, -0.25) is 4.79 Å². The summed E-state index contributed by atoms with van der Waals surface area (Å²) < 4.78 is 0. The van der Waals surface area contributed by atoms with E-state index >= 15 is 0 Å². The van der Waals surface area contributed by atoms with E-state index in [2.05, 4.69) is 13.5 Å². The summed E-state index contributed by atoms with van der Waals surface area (Å²) in [5, 5.41) is 0. The Hall–Kier alpha value is -0.590. The van der Waals surface area contributed by atoms with Crippen molar-refractivity contribution in [3.8, 4) is 0 Å². The van der Waals surface area contributed by atoms with Crippen LogP contribution in [0, 0.1) is 5.41 Å². The van der Waals surface area contributed by atoms with Crippen molar-refractivity contribution in [2.75, 3.05) is 0 Å². The second kappa shape index (κ2) is 3.21. The van der Waals surface area contributed by atoms with Crippen molar-refractivity contribution in [3.05, 3.63) is 12.7 Å². The normalized spacial score (nSPS) is 23.2. The van der Waals surface area contributed by atoms with Crippen LogP contribution in [0.25, 0.3) is 0 Å². The first-order chi connectivity index (χ1) is 5.22. The highest BCUT2D eigenvalue weighted by atomic mass is 16.1. The molecule has 0 heterocycles. The van der Waals surface area contributed by atoms with E-state index in [1.165, 1.54) is 0 Å². The molecule has 1 aliphatic rings. The fraction of sp³-hybridized carbons (Fsp3) is 0.700. The number of hydrogen-bond donors (Lipinski definition) is 0. The van der Waals surface area contributed by atoms with Gasteiger partial charge in [0.05, 0.1) is 0 Å². The minimum absolute atomic E-state index is 0.286. The third kappa shape index (κ3) is 1.70. The molecule has 1 nitrogen and oxygen atoms in total. The maximum Gasteiger partial charge on any atom is 0.132 e. The van der Waals surface area contributed by atoms with Crippen molar-refractivity contribution < 1.29 is 4.79 Å². The van der Waals surface area contributed by atoms with Crippen LogP contribution in [0.4, 0.5) is 0 Å². The van der Waals surface area contributed by atoms with Crippen LogP contribution in [0.2, 0.25) is 0 Å². The van der Waals surface area contributed by atoms with Gasteiger partial charge in [-0.15, -0.1) is 6.58 Å². The van der Waals surface area contributed by atoms with Crippen LogP contribution < -0.4 is 0 Å². The van der Waals surface area contributed by atoms with Crippen LogP contribution in [-0.4, -0.2) is 5.78 Å². The summed E-state index contributed by atoms with van der Waals surface area (Å²) in [6.07, 6.45) is 6.74. The van der Waals surface area contributed by atoms with Crippen LogP contribution in [0.1, 0.15) is 39.0 Å². The molecule has 0 spiro atoms. The average Bonchev–Trinajstić information content (AvgIpc) is 2.07. The molecule has 0 saturated heterocycles. The first kappa shape index (κ1) is 8.51. The van der Waals surface area contributed by atoms with Crippen LogP contribution in [-0.2, 0) is 4.79 Å². The number of Topliss-reactive ketones (excluding diaryl/α,β-unsaturated/α-hetero) is 1. The molecule has 62 valence electrons. The molecular weight excluding hydrogens is 136 g/mol. The van der Waals surface area contributed by atoms with Gasteiger partial charge in [-0.25, -0.2) is 0 Å². The Morgan fingerprint density at radius 1 is 1.55 bits per heavy atom. The Balaban J connectivity index is 2.59. The highest BCUT2D eigenvalue weighted by molar-refractivity contribution is 5.79. The van der Waals surface area contributed by atoms with Gasteiger partial charge in [-0.1, -0.05) is 13.0 Å². The molecule has 0 aromatic carbocycles. The summed E-state index contributed by atoms with van der Waals surface area (Å²) in [7, 11) is 0. The molecule has 0 N–H and O–H groups in total. The summed E-state index contributed by atoms with van der Waals surface area (Å²) in [4.78, 5) is 10.9. The fourth-order valence-corrected chi connectivity index (χ4v) is 1.73. The van der Waals surface area contributed by atoms with Crippen molar-refractivity contribution in [2.45, 2.75) is 39.0 Å². The molecule has 1 heteroatoms. The molecule has 1 saturated carbocycles. The number of ketones is 1. The third-order valence-corrected chi connectivity index (χ3v) is 2.94. The molecule has 0 amide bonds. The van der Waals surface area contributed by atoms with Gasteiger partial charge in [0.1, 0.15) is 5.78 Å². The molecule has 0 aliphatic heterocycles. The first-order valence-corrected chi connectivity index (χ1v) is 4.38. The molecule has 0 aromatic rings. The van der Waals surface area contributed by atoms with Gasteiger partial charge in [0.25, 0.3) is 0 Å². The van der Waals surface area contributed by atoms with E-state index in [1.54, 1.807) is 0 Å². The van der Waals surface area contributed by atoms with Crippen LogP contribution in [0.3, 0.4) is 0 Å². The number of allylic oxidation sites excluding steroid dienone is 1. The van der Waals surface area contributed by atoms with E-state index in [0.717, 1.165) is 32.1 Å². The van der Waals surface area contributed by atoms with E-state index in [-0.39, 0.29) is 5.41 Å². The Morgan fingerprint density at radius 2 is 2.09 bits per heavy atom. The second-order valence-electron chi connectivity index (χ2n) is 3.46. The van der Waals surface area contributed by atoms with E-state index in [1.807, 2.05) is 6.08 Å². The van der Waals surface area contributed by atoms with Crippen molar-refractivity contribution in [1.29, 1.82) is 0 Å². The molecule has 11 heavy (non-hydrogen) atoms. The predicted octanol–water partition coefficient (Wildman–Crippen LogP) is 2.71. The van der Waals surface area contributed by atoms with Gasteiger partial charge in [0.2, 0.25) is 0 Å². The summed E-state index contributed by atoms with van der Waals surface area (Å²) >= 11 is 0. The minimum atomic E-state index is 0.286. The zero-order valence-electron chi connectivity index (χ0n) is 7.23. The Labute approximate surface area is 68.5 Å². The monoisotopic (exact) mass is 152 g/mol. The first-order valence-electron chi connectivity index (χ1n) is 4.38. The molecule has 1 aliphatic carbocycles. The number of hydrogen-bond acceptors (Lipinski definition) is 1. The van der Waals surface area contributed by atoms with Crippen LogP contribution >= 0.6 is 0 Å². The summed E-state index contributed by atoms with van der Waals surface area (Å²) in [5.41, 5.74) is 0.286. The minimum Gasteiger partial charge on any atom is -0.300 e. The molecule has 0 radical (unpaired) electrons. The van der Waals surface area contributed by atoms with E-state index in [9.17, 15) is 4.79 Å². The van der Waals surface area contributed by atoms with Gasteiger partial charge in [-0.05, 0) is 24.7 Å². The predicted molar refractivity (Wildman–Crippen MR) is 46.4 cm³/mol. The lowest BCUT2D eigenvalue weighted by molar-refractivity contribution is -0.121. The Bertz CT molecular complexity index is 160. The molecule has 1 rings (SSSR count). The molecule has 0 bridgehead atoms. The zero-order valence-corrected chi connectivity index (χ0v) is 7.23. The quantitative estimate of drug-likeness (QED) is 0.556.